The first-order chi connectivity index (χ1) is 19.5. The van der Waals surface area contributed by atoms with Crippen molar-refractivity contribution in [3.05, 3.63) is 95.2 Å². The Hall–Kier alpha value is -4.92. The summed E-state index contributed by atoms with van der Waals surface area (Å²) in [6, 6.07) is 21.4. The van der Waals surface area contributed by atoms with E-state index < -0.39 is 0 Å². The molecular formula is C31H33N7O2. The monoisotopic (exact) mass is 535 g/mol. The van der Waals surface area contributed by atoms with Crippen molar-refractivity contribution in [3.8, 4) is 0 Å². The van der Waals surface area contributed by atoms with Crippen LogP contribution < -0.4 is 21.1 Å². The number of amides is 2. The zero-order chi connectivity index (χ0) is 27.9. The number of hydrazone groups is 2. The van der Waals surface area contributed by atoms with Crippen molar-refractivity contribution < 1.29 is 9.59 Å². The summed E-state index contributed by atoms with van der Waals surface area (Å²) >= 11 is 0. The molecule has 0 saturated carbocycles. The molecule has 2 heterocycles. The van der Waals surface area contributed by atoms with Gasteiger partial charge in [-0.3, -0.25) is 9.59 Å². The number of fused-ring (bicyclic) bond motifs is 2. The molecule has 9 nitrogen and oxygen atoms in total. The minimum atomic E-state index is -0.285. The number of likely N-dealkylation sites (N-methyl/N-ethyl adjacent to an activating group) is 1. The molecule has 0 aliphatic carbocycles. The summed E-state index contributed by atoms with van der Waals surface area (Å²) in [6.45, 7) is 1.65. The number of hydrogen-bond donors (Lipinski definition) is 3. The van der Waals surface area contributed by atoms with Crippen LogP contribution in [0.1, 0.15) is 39.9 Å². The number of hydrogen-bond acceptors (Lipinski definition) is 6. The van der Waals surface area contributed by atoms with Gasteiger partial charge >= 0.3 is 0 Å². The smallest absolute Gasteiger partial charge is 0.271 e. The lowest BCUT2D eigenvalue weighted by Crippen LogP contribution is -2.18. The standard InChI is InChI=1S/C31H33N7O2/c1-37-16-13-24-7-5-22(18-28(24)37)20-33-35-30(39)4-3-15-32-27-11-9-26(10-12-27)31(40)36-34-21-23-6-8-25-14-17-38(2)29(25)19-23/h5-12,14,17-21,32H,3-4,13,15-16H2,1-2H3,(H,35,39)(H,36,40)/b33-20+,34-21+. The lowest BCUT2D eigenvalue weighted by atomic mass is 10.1. The summed E-state index contributed by atoms with van der Waals surface area (Å²) in [5.41, 5.74) is 12.1. The maximum Gasteiger partial charge on any atom is 0.271 e. The molecule has 0 unspecified atom stereocenters. The summed E-state index contributed by atoms with van der Waals surface area (Å²) < 4.78 is 2.04. The molecule has 0 bridgehead atoms. The first kappa shape index (κ1) is 26.7. The van der Waals surface area contributed by atoms with E-state index in [2.05, 4.69) is 56.5 Å². The van der Waals surface area contributed by atoms with Gasteiger partial charge in [0.15, 0.2) is 0 Å². The Morgan fingerprint density at radius 2 is 1.65 bits per heavy atom. The van der Waals surface area contributed by atoms with E-state index in [4.69, 9.17) is 0 Å². The maximum absolute atomic E-state index is 12.4. The van der Waals surface area contributed by atoms with Crippen molar-refractivity contribution >= 4 is 46.5 Å². The van der Waals surface area contributed by atoms with Gasteiger partial charge in [-0.25, -0.2) is 10.9 Å². The number of aromatic nitrogens is 1. The molecule has 4 aromatic rings. The van der Waals surface area contributed by atoms with Crippen LogP contribution in [0, 0.1) is 0 Å². The molecule has 3 N–H and O–H groups in total. The van der Waals surface area contributed by atoms with E-state index in [1.165, 1.54) is 11.3 Å². The highest BCUT2D eigenvalue weighted by Gasteiger charge is 2.15. The van der Waals surface area contributed by atoms with Gasteiger partial charge in [0.25, 0.3) is 5.91 Å². The van der Waals surface area contributed by atoms with Crippen LogP contribution in [0.25, 0.3) is 10.9 Å². The second kappa shape index (κ2) is 12.3. The minimum Gasteiger partial charge on any atom is -0.385 e. The predicted octanol–water partition coefficient (Wildman–Crippen LogP) is 4.28. The molecule has 204 valence electrons. The van der Waals surface area contributed by atoms with Crippen LogP contribution in [0.15, 0.2) is 83.1 Å². The van der Waals surface area contributed by atoms with Gasteiger partial charge in [-0.15, -0.1) is 0 Å². The Morgan fingerprint density at radius 3 is 2.48 bits per heavy atom. The van der Waals surface area contributed by atoms with Crippen LogP contribution in [0.4, 0.5) is 11.4 Å². The number of carbonyl (C=O) groups excluding carboxylic acids is 2. The third-order valence-electron chi connectivity index (χ3n) is 6.99. The molecular weight excluding hydrogens is 502 g/mol. The molecule has 3 aromatic carbocycles. The Kier molecular flexibility index (Phi) is 8.20. The number of aryl methyl sites for hydroxylation is 1. The van der Waals surface area contributed by atoms with E-state index in [1.54, 1.807) is 24.6 Å². The molecule has 5 rings (SSSR count). The molecule has 0 atom stereocenters. The molecule has 0 saturated heterocycles. The lowest BCUT2D eigenvalue weighted by Gasteiger charge is -2.11. The number of nitrogens with one attached hydrogen (secondary N) is 3. The van der Waals surface area contributed by atoms with Gasteiger partial charge < -0.3 is 14.8 Å². The second-order valence-corrected chi connectivity index (χ2v) is 9.90. The van der Waals surface area contributed by atoms with E-state index in [0.717, 1.165) is 40.7 Å². The van der Waals surface area contributed by atoms with Gasteiger partial charge in [-0.2, -0.15) is 10.2 Å². The van der Waals surface area contributed by atoms with E-state index in [-0.39, 0.29) is 11.8 Å². The van der Waals surface area contributed by atoms with Gasteiger partial charge in [0.1, 0.15) is 0 Å². The Morgan fingerprint density at radius 1 is 0.900 bits per heavy atom. The Balaban J connectivity index is 1.01. The van der Waals surface area contributed by atoms with Crippen LogP contribution in [0.2, 0.25) is 0 Å². The third kappa shape index (κ3) is 6.55. The molecule has 40 heavy (non-hydrogen) atoms. The fourth-order valence-corrected chi connectivity index (χ4v) is 4.68. The third-order valence-corrected chi connectivity index (χ3v) is 6.99. The van der Waals surface area contributed by atoms with Crippen LogP contribution in [-0.2, 0) is 18.3 Å². The normalized spacial score (nSPS) is 12.8. The highest BCUT2D eigenvalue weighted by molar-refractivity contribution is 5.95. The molecule has 2 amide bonds. The van der Waals surface area contributed by atoms with Gasteiger partial charge in [-0.1, -0.05) is 24.3 Å². The van der Waals surface area contributed by atoms with Gasteiger partial charge in [0.05, 0.1) is 12.4 Å². The first-order valence-electron chi connectivity index (χ1n) is 13.3. The zero-order valence-electron chi connectivity index (χ0n) is 22.7. The number of nitrogens with zero attached hydrogens (tertiary/aromatic N) is 4. The van der Waals surface area contributed by atoms with Crippen LogP contribution in [-0.4, -0.2) is 48.9 Å². The van der Waals surface area contributed by atoms with Gasteiger partial charge in [0, 0.05) is 62.3 Å². The van der Waals surface area contributed by atoms with Crippen molar-refractivity contribution in [2.24, 2.45) is 17.3 Å². The van der Waals surface area contributed by atoms with Crippen LogP contribution >= 0.6 is 0 Å². The lowest BCUT2D eigenvalue weighted by molar-refractivity contribution is -0.121. The summed E-state index contributed by atoms with van der Waals surface area (Å²) in [7, 11) is 4.07. The molecule has 0 fully saturated rings. The van der Waals surface area contributed by atoms with E-state index in [9.17, 15) is 9.59 Å². The van der Waals surface area contributed by atoms with Crippen molar-refractivity contribution in [2.75, 3.05) is 30.4 Å². The number of carbonyl (C=O) groups is 2. The summed E-state index contributed by atoms with van der Waals surface area (Å²) in [6.07, 6.45) is 7.39. The molecule has 1 aliphatic rings. The van der Waals surface area contributed by atoms with E-state index >= 15 is 0 Å². The fraction of sp³-hybridized carbons (Fsp3) is 0.226. The average molecular weight is 536 g/mol. The number of anilines is 2. The van der Waals surface area contributed by atoms with E-state index in [0.29, 0.717) is 24.9 Å². The Bertz CT molecular complexity index is 1570. The molecule has 1 aromatic heterocycles. The highest BCUT2D eigenvalue weighted by Crippen LogP contribution is 2.27. The molecule has 0 spiro atoms. The SMILES string of the molecule is CN1CCc2ccc(/C=N/NC(=O)CCCNc3ccc(C(=O)N/N=C/c4ccc5ccn(C)c5c4)cc3)cc21. The molecule has 1 aliphatic heterocycles. The van der Waals surface area contributed by atoms with Crippen molar-refractivity contribution in [1.29, 1.82) is 0 Å². The second-order valence-electron chi connectivity index (χ2n) is 9.90. The zero-order valence-corrected chi connectivity index (χ0v) is 22.7. The number of benzene rings is 3. The highest BCUT2D eigenvalue weighted by atomic mass is 16.2. The average Bonchev–Trinajstić information content (AvgIpc) is 3.53. The number of rotatable bonds is 10. The summed E-state index contributed by atoms with van der Waals surface area (Å²) in [4.78, 5) is 26.8. The van der Waals surface area contributed by atoms with Gasteiger partial charge in [-0.05, 0) is 77.4 Å². The fourth-order valence-electron chi connectivity index (χ4n) is 4.68. The van der Waals surface area contributed by atoms with Crippen LogP contribution in [0.3, 0.4) is 0 Å². The summed E-state index contributed by atoms with van der Waals surface area (Å²) in [5, 5.41) is 12.6. The summed E-state index contributed by atoms with van der Waals surface area (Å²) in [5.74, 6) is -0.417. The van der Waals surface area contributed by atoms with Crippen molar-refractivity contribution in [3.63, 3.8) is 0 Å². The van der Waals surface area contributed by atoms with Crippen LogP contribution in [0.5, 0.6) is 0 Å². The Labute approximate surface area is 233 Å². The molecule has 9 heteroatoms. The first-order valence-corrected chi connectivity index (χ1v) is 13.3. The minimum absolute atomic E-state index is 0.132. The van der Waals surface area contributed by atoms with Crippen molar-refractivity contribution in [2.45, 2.75) is 19.3 Å². The molecule has 0 radical (unpaired) electrons. The maximum atomic E-state index is 12.4. The van der Waals surface area contributed by atoms with E-state index in [1.807, 2.05) is 54.2 Å². The van der Waals surface area contributed by atoms with Gasteiger partial charge in [0.2, 0.25) is 5.91 Å². The van der Waals surface area contributed by atoms with Crippen molar-refractivity contribution in [1.82, 2.24) is 15.4 Å². The predicted molar refractivity (Wildman–Crippen MR) is 161 cm³/mol. The topological polar surface area (TPSA) is 103 Å². The largest absolute Gasteiger partial charge is 0.385 e. The quantitative estimate of drug-likeness (QED) is 0.160.